The van der Waals surface area contributed by atoms with Crippen LogP contribution in [0.25, 0.3) is 0 Å². The van der Waals surface area contributed by atoms with Crippen LogP contribution in [0.15, 0.2) is 83.8 Å². The van der Waals surface area contributed by atoms with E-state index in [1.54, 1.807) is 24.3 Å². The second-order valence-corrected chi connectivity index (χ2v) is 8.69. The minimum absolute atomic E-state index is 0.0270. The fraction of sp³-hybridized carbons (Fsp3) is 0.136. The second kappa shape index (κ2) is 9.75. The Bertz CT molecular complexity index is 1100. The summed E-state index contributed by atoms with van der Waals surface area (Å²) in [6.45, 7) is 0. The molecule has 8 heteroatoms. The van der Waals surface area contributed by atoms with Crippen molar-refractivity contribution in [2.45, 2.75) is 17.4 Å². The number of hydrogen-bond donors (Lipinski definition) is 2. The molecule has 2 N–H and O–H groups in total. The third-order valence-corrected chi connectivity index (χ3v) is 6.10. The lowest BCUT2D eigenvalue weighted by atomic mass is 10.1. The van der Waals surface area contributed by atoms with Gasteiger partial charge in [0.15, 0.2) is 0 Å². The fourth-order valence-corrected chi connectivity index (χ4v) is 4.16. The molecule has 6 nitrogen and oxygen atoms in total. The van der Waals surface area contributed by atoms with E-state index in [4.69, 9.17) is 16.3 Å². The Kier molecular flexibility index (Phi) is 7.10. The van der Waals surface area contributed by atoms with Gasteiger partial charge in [-0.15, -0.1) is 0 Å². The summed E-state index contributed by atoms with van der Waals surface area (Å²) >= 11 is 5.85. The van der Waals surface area contributed by atoms with Crippen LogP contribution >= 0.6 is 11.6 Å². The molecule has 0 aliphatic rings. The topological polar surface area (TPSA) is 84.5 Å². The van der Waals surface area contributed by atoms with Gasteiger partial charge in [0.25, 0.3) is 0 Å². The van der Waals surface area contributed by atoms with Crippen LogP contribution in [0.3, 0.4) is 0 Å². The molecule has 1 atom stereocenters. The summed E-state index contributed by atoms with van der Waals surface area (Å²) in [6, 6.07) is 20.8. The lowest BCUT2D eigenvalue weighted by molar-refractivity contribution is -0.117. The minimum atomic E-state index is -3.94. The molecule has 0 aromatic heterocycles. The quantitative estimate of drug-likeness (QED) is 0.552. The number of hydrogen-bond acceptors (Lipinski definition) is 4. The van der Waals surface area contributed by atoms with Gasteiger partial charge in [-0.25, -0.2) is 8.42 Å². The Balaban J connectivity index is 1.85. The van der Waals surface area contributed by atoms with Gasteiger partial charge in [-0.1, -0.05) is 48.0 Å². The van der Waals surface area contributed by atoms with Gasteiger partial charge in [-0.05, 0) is 48.4 Å². The van der Waals surface area contributed by atoms with E-state index in [0.717, 1.165) is 5.56 Å². The van der Waals surface area contributed by atoms with E-state index in [2.05, 4.69) is 10.0 Å². The molecule has 0 radical (unpaired) electrons. The van der Waals surface area contributed by atoms with E-state index in [-0.39, 0.29) is 11.3 Å². The average molecular weight is 445 g/mol. The van der Waals surface area contributed by atoms with E-state index in [1.165, 1.54) is 31.4 Å². The Morgan fingerprint density at radius 1 is 1.00 bits per heavy atom. The van der Waals surface area contributed by atoms with Crippen molar-refractivity contribution >= 4 is 33.2 Å². The van der Waals surface area contributed by atoms with Crippen LogP contribution in [0.2, 0.25) is 5.02 Å². The smallest absolute Gasteiger partial charge is 0.242 e. The first-order valence-electron chi connectivity index (χ1n) is 9.14. The van der Waals surface area contributed by atoms with E-state index in [0.29, 0.717) is 16.5 Å². The van der Waals surface area contributed by atoms with Crippen LogP contribution in [0.4, 0.5) is 5.69 Å². The number of benzene rings is 3. The van der Waals surface area contributed by atoms with Gasteiger partial charge in [-0.2, -0.15) is 4.72 Å². The van der Waals surface area contributed by atoms with Crippen molar-refractivity contribution in [1.82, 2.24) is 4.72 Å². The van der Waals surface area contributed by atoms with Crippen molar-refractivity contribution in [2.24, 2.45) is 0 Å². The molecule has 1 amide bonds. The standard InChI is InChI=1S/C22H21ClN2O4S/c1-29-19-9-5-8-18(15-19)24-22(26)21(14-16-6-3-2-4-7-16)25-30(27,28)20-12-10-17(23)11-13-20/h2-13,15,21,25H,14H2,1H3,(H,24,26). The monoisotopic (exact) mass is 444 g/mol. The number of methoxy groups -OCH3 is 1. The second-order valence-electron chi connectivity index (χ2n) is 6.54. The van der Waals surface area contributed by atoms with Gasteiger partial charge < -0.3 is 10.1 Å². The first-order valence-corrected chi connectivity index (χ1v) is 11.0. The van der Waals surface area contributed by atoms with Gasteiger partial charge in [-0.3, -0.25) is 4.79 Å². The number of amides is 1. The molecule has 3 aromatic carbocycles. The van der Waals surface area contributed by atoms with Crippen LogP contribution in [0, 0.1) is 0 Å². The number of carbonyl (C=O) groups is 1. The number of carbonyl (C=O) groups excluding carboxylic acids is 1. The third kappa shape index (κ3) is 5.82. The maximum atomic E-state index is 13.0. The van der Waals surface area contributed by atoms with Gasteiger partial charge in [0.05, 0.1) is 12.0 Å². The SMILES string of the molecule is COc1cccc(NC(=O)C(Cc2ccccc2)NS(=O)(=O)c2ccc(Cl)cc2)c1. The molecule has 0 aliphatic heterocycles. The summed E-state index contributed by atoms with van der Waals surface area (Å²) in [6.07, 6.45) is 0.184. The zero-order valence-electron chi connectivity index (χ0n) is 16.2. The summed E-state index contributed by atoms with van der Waals surface area (Å²) in [7, 11) is -2.41. The van der Waals surface area contributed by atoms with Gasteiger partial charge in [0.2, 0.25) is 15.9 Å². The maximum absolute atomic E-state index is 13.0. The minimum Gasteiger partial charge on any atom is -0.497 e. The van der Waals surface area contributed by atoms with Crippen molar-refractivity contribution < 1.29 is 17.9 Å². The van der Waals surface area contributed by atoms with Crippen LogP contribution in [-0.4, -0.2) is 27.5 Å². The first-order chi connectivity index (χ1) is 14.4. The maximum Gasteiger partial charge on any atom is 0.242 e. The highest BCUT2D eigenvalue weighted by Gasteiger charge is 2.26. The summed E-state index contributed by atoms with van der Waals surface area (Å²) in [5, 5.41) is 3.17. The van der Waals surface area contributed by atoms with Crippen LogP contribution in [0.5, 0.6) is 5.75 Å². The van der Waals surface area contributed by atoms with Crippen molar-refractivity contribution in [1.29, 1.82) is 0 Å². The summed E-state index contributed by atoms with van der Waals surface area (Å²) in [5.41, 5.74) is 1.32. The zero-order valence-corrected chi connectivity index (χ0v) is 17.8. The molecule has 3 aromatic rings. The average Bonchev–Trinajstić information content (AvgIpc) is 2.74. The van der Waals surface area contributed by atoms with Gasteiger partial charge >= 0.3 is 0 Å². The molecular formula is C22H21ClN2O4S. The largest absolute Gasteiger partial charge is 0.497 e. The van der Waals surface area contributed by atoms with Crippen LogP contribution in [-0.2, 0) is 21.2 Å². The van der Waals surface area contributed by atoms with Crippen LogP contribution < -0.4 is 14.8 Å². The predicted molar refractivity (Wildman–Crippen MR) is 117 cm³/mol. The van der Waals surface area contributed by atoms with Crippen molar-refractivity contribution in [3.63, 3.8) is 0 Å². The number of sulfonamides is 1. The molecule has 156 valence electrons. The normalized spacial score (nSPS) is 12.2. The van der Waals surface area contributed by atoms with E-state index in [9.17, 15) is 13.2 Å². The Labute approximate surface area is 180 Å². The Hall–Kier alpha value is -2.87. The molecule has 0 bridgehead atoms. The van der Waals surface area contributed by atoms with E-state index in [1.807, 2.05) is 30.3 Å². The highest BCUT2D eigenvalue weighted by atomic mass is 35.5. The molecule has 0 spiro atoms. The zero-order chi connectivity index (χ0) is 21.6. The number of anilines is 1. The van der Waals surface area contributed by atoms with Crippen LogP contribution in [0.1, 0.15) is 5.56 Å². The van der Waals surface area contributed by atoms with Crippen molar-refractivity contribution in [3.8, 4) is 5.75 Å². The highest BCUT2D eigenvalue weighted by molar-refractivity contribution is 7.89. The lowest BCUT2D eigenvalue weighted by Gasteiger charge is -2.19. The molecule has 3 rings (SSSR count). The van der Waals surface area contributed by atoms with Crippen molar-refractivity contribution in [3.05, 3.63) is 89.4 Å². The molecule has 0 saturated carbocycles. The Morgan fingerprint density at radius 2 is 1.70 bits per heavy atom. The van der Waals surface area contributed by atoms with Gasteiger partial charge in [0.1, 0.15) is 11.8 Å². The highest BCUT2D eigenvalue weighted by Crippen LogP contribution is 2.19. The predicted octanol–water partition coefficient (Wildman–Crippen LogP) is 3.88. The molecular weight excluding hydrogens is 424 g/mol. The third-order valence-electron chi connectivity index (χ3n) is 4.36. The summed E-state index contributed by atoms with van der Waals surface area (Å²) < 4.78 is 33.4. The first kappa shape index (κ1) is 21.8. The number of nitrogens with one attached hydrogen (secondary N) is 2. The molecule has 30 heavy (non-hydrogen) atoms. The summed E-state index contributed by atoms with van der Waals surface area (Å²) in [5.74, 6) is 0.0961. The Morgan fingerprint density at radius 3 is 2.37 bits per heavy atom. The molecule has 0 aliphatic carbocycles. The lowest BCUT2D eigenvalue weighted by Crippen LogP contribution is -2.45. The molecule has 1 unspecified atom stereocenters. The summed E-state index contributed by atoms with van der Waals surface area (Å²) in [4.78, 5) is 13.0. The number of ether oxygens (including phenoxy) is 1. The van der Waals surface area contributed by atoms with Crippen molar-refractivity contribution in [2.75, 3.05) is 12.4 Å². The fourth-order valence-electron chi connectivity index (χ4n) is 2.84. The molecule has 0 saturated heterocycles. The van der Waals surface area contributed by atoms with E-state index >= 15 is 0 Å². The van der Waals surface area contributed by atoms with E-state index < -0.39 is 22.0 Å². The van der Waals surface area contributed by atoms with Gasteiger partial charge in [0, 0.05) is 16.8 Å². The molecule has 0 heterocycles. The molecule has 0 fully saturated rings. The number of halogens is 1. The number of rotatable bonds is 8.